The van der Waals surface area contributed by atoms with Crippen LogP contribution in [0.1, 0.15) is 45.6 Å². The molecule has 6 nitrogen and oxygen atoms in total. The fourth-order valence-corrected chi connectivity index (χ4v) is 4.93. The zero-order valence-electron chi connectivity index (χ0n) is 15.0. The van der Waals surface area contributed by atoms with Crippen molar-refractivity contribution in [2.75, 3.05) is 26.5 Å². The molecule has 2 aliphatic rings. The highest BCUT2D eigenvalue weighted by molar-refractivity contribution is 7.99. The second-order valence-electron chi connectivity index (χ2n) is 6.47. The molecule has 1 atom stereocenters. The average molecular weight is 374 g/mol. The number of fused-ring (bicyclic) bond motifs is 1. The van der Waals surface area contributed by atoms with E-state index in [-0.39, 0.29) is 11.3 Å². The maximum absolute atomic E-state index is 13.2. The van der Waals surface area contributed by atoms with E-state index in [0.717, 1.165) is 59.8 Å². The van der Waals surface area contributed by atoms with Gasteiger partial charge in [-0.1, -0.05) is 5.16 Å². The van der Waals surface area contributed by atoms with Gasteiger partial charge in [0.15, 0.2) is 5.69 Å². The molecule has 0 N–H and O–H groups in total. The Balaban J connectivity index is 1.67. The van der Waals surface area contributed by atoms with E-state index < -0.39 is 0 Å². The van der Waals surface area contributed by atoms with Crippen LogP contribution in [0.2, 0.25) is 0 Å². The second kappa shape index (κ2) is 7.23. The summed E-state index contributed by atoms with van der Waals surface area (Å²) < 4.78 is 16.3. The molecule has 0 radical (unpaired) electrons. The first-order valence-corrected chi connectivity index (χ1v) is 9.89. The van der Waals surface area contributed by atoms with Crippen molar-refractivity contribution in [3.8, 4) is 11.5 Å². The van der Waals surface area contributed by atoms with Gasteiger partial charge in [-0.25, -0.2) is 0 Å². The van der Waals surface area contributed by atoms with E-state index in [0.29, 0.717) is 12.2 Å². The van der Waals surface area contributed by atoms with Gasteiger partial charge in [-0.05, 0) is 37.5 Å². The van der Waals surface area contributed by atoms with Gasteiger partial charge >= 0.3 is 0 Å². The number of carbonyl (C=O) groups is 1. The largest absolute Gasteiger partial charge is 0.497 e. The first kappa shape index (κ1) is 17.3. The van der Waals surface area contributed by atoms with Crippen molar-refractivity contribution < 1.29 is 18.8 Å². The number of carbonyl (C=O) groups excluding carboxylic acids is 1. The molecule has 7 heteroatoms. The van der Waals surface area contributed by atoms with Crippen LogP contribution in [0.25, 0.3) is 0 Å². The Kier molecular flexibility index (Phi) is 4.80. The van der Waals surface area contributed by atoms with E-state index in [1.54, 1.807) is 26.0 Å². The lowest BCUT2D eigenvalue weighted by molar-refractivity contribution is 0.0747. The first-order valence-electron chi connectivity index (χ1n) is 8.85. The summed E-state index contributed by atoms with van der Waals surface area (Å²) in [5, 5.41) is 3.99. The molecule has 0 spiro atoms. The van der Waals surface area contributed by atoms with Gasteiger partial charge in [-0.2, -0.15) is 0 Å². The maximum Gasteiger partial charge on any atom is 0.277 e. The number of nitrogens with zero attached hydrogens (tertiary/aromatic N) is 2. The molecule has 1 aliphatic heterocycles. The number of rotatable bonds is 4. The molecule has 1 aromatic carbocycles. The summed E-state index contributed by atoms with van der Waals surface area (Å²) in [5.74, 6) is 3.19. The average Bonchev–Trinajstić information content (AvgIpc) is 3.34. The number of methoxy groups -OCH3 is 2. The van der Waals surface area contributed by atoms with E-state index in [1.165, 1.54) is 0 Å². The van der Waals surface area contributed by atoms with Crippen molar-refractivity contribution in [1.29, 1.82) is 0 Å². The Bertz CT molecular complexity index is 820. The second-order valence-corrected chi connectivity index (χ2v) is 7.66. The molecule has 1 fully saturated rings. The van der Waals surface area contributed by atoms with Crippen LogP contribution in [-0.2, 0) is 12.8 Å². The number of ether oxygens (including phenoxy) is 2. The number of thioether (sulfide) groups is 1. The fourth-order valence-electron chi connectivity index (χ4n) is 3.66. The lowest BCUT2D eigenvalue weighted by atomic mass is 9.96. The Labute approximate surface area is 156 Å². The molecule has 1 aromatic heterocycles. The predicted octanol–water partition coefficient (Wildman–Crippen LogP) is 3.46. The van der Waals surface area contributed by atoms with Crippen molar-refractivity contribution in [3.63, 3.8) is 0 Å². The van der Waals surface area contributed by atoms with E-state index in [2.05, 4.69) is 5.16 Å². The third-order valence-electron chi connectivity index (χ3n) is 5.01. The van der Waals surface area contributed by atoms with Crippen LogP contribution in [-0.4, -0.2) is 42.5 Å². The highest BCUT2D eigenvalue weighted by atomic mass is 32.2. The third kappa shape index (κ3) is 2.94. The van der Waals surface area contributed by atoms with Gasteiger partial charge in [0.1, 0.15) is 22.6 Å². The summed E-state index contributed by atoms with van der Waals surface area (Å²) in [6.45, 7) is 0.677. The molecule has 138 valence electrons. The normalized spacial score (nSPS) is 19.3. The summed E-state index contributed by atoms with van der Waals surface area (Å²) in [7, 11) is 3.28. The molecule has 0 bridgehead atoms. The van der Waals surface area contributed by atoms with E-state index in [4.69, 9.17) is 14.0 Å². The van der Waals surface area contributed by atoms with Crippen molar-refractivity contribution in [2.24, 2.45) is 0 Å². The summed E-state index contributed by atoms with van der Waals surface area (Å²) in [6.07, 6.45) is 3.92. The van der Waals surface area contributed by atoms with Crippen molar-refractivity contribution >= 4 is 17.7 Å². The molecule has 4 rings (SSSR count). The van der Waals surface area contributed by atoms with E-state index >= 15 is 0 Å². The van der Waals surface area contributed by atoms with Crippen LogP contribution >= 0.6 is 11.8 Å². The summed E-state index contributed by atoms with van der Waals surface area (Å²) >= 11 is 1.73. The Hall–Kier alpha value is -2.15. The van der Waals surface area contributed by atoms with Gasteiger partial charge in [0, 0.05) is 29.8 Å². The van der Waals surface area contributed by atoms with Gasteiger partial charge in [0.25, 0.3) is 5.91 Å². The van der Waals surface area contributed by atoms with Gasteiger partial charge in [0.05, 0.1) is 14.2 Å². The van der Waals surface area contributed by atoms with E-state index in [9.17, 15) is 4.79 Å². The number of benzene rings is 1. The van der Waals surface area contributed by atoms with Gasteiger partial charge < -0.3 is 18.9 Å². The van der Waals surface area contributed by atoms with Gasteiger partial charge in [-0.15, -0.1) is 11.8 Å². The SMILES string of the molecule is COc1ccc(OC)c(C2SCCN2C(=O)c2noc3c2CCCC3)c1. The Morgan fingerprint density at radius 3 is 2.92 bits per heavy atom. The zero-order valence-corrected chi connectivity index (χ0v) is 15.8. The van der Waals surface area contributed by atoms with Crippen LogP contribution in [0, 0.1) is 0 Å². The number of amides is 1. The molecule has 1 amide bonds. The predicted molar refractivity (Wildman–Crippen MR) is 98.9 cm³/mol. The van der Waals surface area contributed by atoms with Crippen LogP contribution < -0.4 is 9.47 Å². The van der Waals surface area contributed by atoms with Crippen LogP contribution in [0.3, 0.4) is 0 Å². The van der Waals surface area contributed by atoms with E-state index in [1.807, 2.05) is 23.1 Å². The summed E-state index contributed by atoms with van der Waals surface area (Å²) in [5.41, 5.74) is 2.42. The fraction of sp³-hybridized carbons (Fsp3) is 0.474. The molecule has 2 heterocycles. The van der Waals surface area contributed by atoms with Crippen molar-refractivity contribution in [2.45, 2.75) is 31.1 Å². The number of hydrogen-bond acceptors (Lipinski definition) is 6. The molecular weight excluding hydrogens is 352 g/mol. The van der Waals surface area contributed by atoms with Crippen LogP contribution in [0.4, 0.5) is 0 Å². The summed E-state index contributed by atoms with van der Waals surface area (Å²) in [6, 6.07) is 5.69. The highest BCUT2D eigenvalue weighted by Crippen LogP contribution is 2.44. The molecular formula is C19H22N2O4S. The number of aromatic nitrogens is 1. The van der Waals surface area contributed by atoms with Crippen molar-refractivity contribution in [3.05, 3.63) is 40.8 Å². The standard InChI is InChI=1S/C19H22N2O4S/c1-23-12-7-8-15(24-2)14(11-12)19-21(9-10-26-19)18(22)17-13-5-3-4-6-16(13)25-20-17/h7-8,11,19H,3-6,9-10H2,1-2H3. The van der Waals surface area contributed by atoms with Gasteiger partial charge in [-0.3, -0.25) is 4.79 Å². The minimum absolute atomic E-state index is 0.0585. The topological polar surface area (TPSA) is 64.8 Å². The molecule has 1 saturated heterocycles. The minimum Gasteiger partial charge on any atom is -0.497 e. The van der Waals surface area contributed by atoms with Crippen LogP contribution in [0.5, 0.6) is 11.5 Å². The molecule has 26 heavy (non-hydrogen) atoms. The number of aryl methyl sites for hydroxylation is 1. The van der Waals surface area contributed by atoms with Crippen molar-refractivity contribution in [1.82, 2.24) is 10.1 Å². The maximum atomic E-state index is 13.2. The lowest BCUT2D eigenvalue weighted by Gasteiger charge is -2.25. The third-order valence-corrected chi connectivity index (χ3v) is 6.25. The zero-order chi connectivity index (χ0) is 18.1. The van der Waals surface area contributed by atoms with Crippen LogP contribution in [0.15, 0.2) is 22.7 Å². The Morgan fingerprint density at radius 1 is 1.27 bits per heavy atom. The lowest BCUT2D eigenvalue weighted by Crippen LogP contribution is -2.31. The Morgan fingerprint density at radius 2 is 2.12 bits per heavy atom. The first-order chi connectivity index (χ1) is 12.7. The minimum atomic E-state index is -0.122. The molecule has 1 unspecified atom stereocenters. The smallest absolute Gasteiger partial charge is 0.277 e. The highest BCUT2D eigenvalue weighted by Gasteiger charge is 2.36. The number of hydrogen-bond donors (Lipinski definition) is 0. The quantitative estimate of drug-likeness (QED) is 0.817. The van der Waals surface area contributed by atoms with Gasteiger partial charge in [0.2, 0.25) is 0 Å². The molecule has 1 aliphatic carbocycles. The summed E-state index contributed by atoms with van der Waals surface area (Å²) in [4.78, 5) is 15.1. The molecule has 2 aromatic rings. The monoisotopic (exact) mass is 374 g/mol. The molecule has 0 saturated carbocycles.